The lowest BCUT2D eigenvalue weighted by atomic mass is 9.99. The maximum atomic E-state index is 10.8. The van der Waals surface area contributed by atoms with Crippen molar-refractivity contribution in [2.45, 2.75) is 46.0 Å². The lowest BCUT2D eigenvalue weighted by molar-refractivity contribution is -0.140. The smallest absolute Gasteiger partial charge is 0.305 e. The summed E-state index contributed by atoms with van der Waals surface area (Å²) in [5.41, 5.74) is 0. The molecule has 12 heavy (non-hydrogen) atoms. The van der Waals surface area contributed by atoms with Crippen molar-refractivity contribution >= 4 is 5.97 Å². The second-order valence-corrected chi connectivity index (χ2v) is 3.36. The topological polar surface area (TPSA) is 26.3 Å². The number of rotatable bonds is 6. The zero-order valence-corrected chi connectivity index (χ0v) is 8.43. The van der Waals surface area contributed by atoms with E-state index in [9.17, 15) is 4.79 Å². The highest BCUT2D eigenvalue weighted by Crippen LogP contribution is 2.13. The molecule has 0 rings (SSSR count). The molecule has 0 aliphatic carbocycles. The lowest BCUT2D eigenvalue weighted by Gasteiger charge is -2.08. The third-order valence-electron chi connectivity index (χ3n) is 2.12. The number of esters is 1. The van der Waals surface area contributed by atoms with Gasteiger partial charge in [0.1, 0.15) is 0 Å². The monoisotopic (exact) mass is 172 g/mol. The van der Waals surface area contributed by atoms with E-state index in [1.807, 2.05) is 0 Å². The molecule has 0 radical (unpaired) electrons. The molecule has 2 nitrogen and oxygen atoms in total. The molecule has 0 N–H and O–H groups in total. The summed E-state index contributed by atoms with van der Waals surface area (Å²) < 4.78 is 4.57. The van der Waals surface area contributed by atoms with Crippen LogP contribution in [-0.4, -0.2) is 13.1 Å². The third-order valence-corrected chi connectivity index (χ3v) is 2.12. The largest absolute Gasteiger partial charge is 0.469 e. The summed E-state index contributed by atoms with van der Waals surface area (Å²) in [4.78, 5) is 10.8. The van der Waals surface area contributed by atoms with Crippen LogP contribution in [0.3, 0.4) is 0 Å². The van der Waals surface area contributed by atoms with Gasteiger partial charge in [0.2, 0.25) is 0 Å². The molecular weight excluding hydrogens is 152 g/mol. The zero-order valence-electron chi connectivity index (χ0n) is 8.43. The summed E-state index contributed by atoms with van der Waals surface area (Å²) in [6.45, 7) is 4.38. The van der Waals surface area contributed by atoms with E-state index in [-0.39, 0.29) is 5.97 Å². The van der Waals surface area contributed by atoms with Crippen LogP contribution in [0.2, 0.25) is 0 Å². The van der Waals surface area contributed by atoms with E-state index in [4.69, 9.17) is 0 Å². The molecule has 0 saturated heterocycles. The quantitative estimate of drug-likeness (QED) is 0.576. The van der Waals surface area contributed by atoms with Gasteiger partial charge in [0, 0.05) is 6.42 Å². The van der Waals surface area contributed by atoms with Crippen LogP contribution < -0.4 is 0 Å². The van der Waals surface area contributed by atoms with E-state index in [1.54, 1.807) is 0 Å². The van der Waals surface area contributed by atoms with Crippen LogP contribution in [0.5, 0.6) is 0 Å². The van der Waals surface area contributed by atoms with Gasteiger partial charge in [-0.05, 0) is 12.3 Å². The Morgan fingerprint density at radius 3 is 2.58 bits per heavy atom. The number of hydrogen-bond donors (Lipinski definition) is 0. The van der Waals surface area contributed by atoms with Crippen molar-refractivity contribution in [1.82, 2.24) is 0 Å². The molecule has 2 heteroatoms. The lowest BCUT2D eigenvalue weighted by Crippen LogP contribution is -2.03. The third kappa shape index (κ3) is 6.20. The highest BCUT2D eigenvalue weighted by atomic mass is 16.5. The highest BCUT2D eigenvalue weighted by molar-refractivity contribution is 5.69. The van der Waals surface area contributed by atoms with Gasteiger partial charge in [0.15, 0.2) is 0 Å². The van der Waals surface area contributed by atoms with Crippen molar-refractivity contribution in [3.05, 3.63) is 0 Å². The van der Waals surface area contributed by atoms with Gasteiger partial charge in [-0.2, -0.15) is 0 Å². The molecule has 0 aromatic rings. The summed E-state index contributed by atoms with van der Waals surface area (Å²) in [5, 5.41) is 0. The van der Waals surface area contributed by atoms with E-state index in [0.717, 1.165) is 6.42 Å². The van der Waals surface area contributed by atoms with Gasteiger partial charge in [-0.15, -0.1) is 0 Å². The fourth-order valence-electron chi connectivity index (χ4n) is 1.16. The van der Waals surface area contributed by atoms with E-state index >= 15 is 0 Å². The van der Waals surface area contributed by atoms with Gasteiger partial charge in [-0.1, -0.05) is 33.1 Å². The molecule has 0 amide bonds. The van der Waals surface area contributed by atoms with Crippen LogP contribution in [0.1, 0.15) is 46.0 Å². The van der Waals surface area contributed by atoms with E-state index in [1.165, 1.54) is 26.4 Å². The minimum Gasteiger partial charge on any atom is -0.469 e. The Balaban J connectivity index is 3.30. The van der Waals surface area contributed by atoms with Crippen LogP contribution in [0.4, 0.5) is 0 Å². The van der Waals surface area contributed by atoms with Gasteiger partial charge >= 0.3 is 5.97 Å². The molecule has 0 fully saturated rings. The predicted molar refractivity (Wildman–Crippen MR) is 49.9 cm³/mol. The van der Waals surface area contributed by atoms with Crippen LogP contribution in [0, 0.1) is 5.92 Å². The molecule has 0 aromatic heterocycles. The number of carbonyl (C=O) groups is 1. The summed E-state index contributed by atoms with van der Waals surface area (Å²) in [6.07, 6.45) is 5.27. The first kappa shape index (κ1) is 11.5. The van der Waals surface area contributed by atoms with Crippen molar-refractivity contribution in [2.75, 3.05) is 7.11 Å². The Morgan fingerprint density at radius 2 is 2.08 bits per heavy atom. The van der Waals surface area contributed by atoms with Gasteiger partial charge in [-0.3, -0.25) is 4.79 Å². The molecule has 0 bridgehead atoms. The Kier molecular flexibility index (Phi) is 6.82. The molecule has 0 spiro atoms. The Bertz CT molecular complexity index is 121. The first-order valence-electron chi connectivity index (χ1n) is 4.77. The van der Waals surface area contributed by atoms with Crippen molar-refractivity contribution in [1.29, 1.82) is 0 Å². The molecule has 0 heterocycles. The first-order chi connectivity index (χ1) is 5.70. The first-order valence-corrected chi connectivity index (χ1v) is 4.77. The SMILES string of the molecule is CCCC[C@H](C)CCC(=O)OC. The number of ether oxygens (including phenoxy) is 1. The number of methoxy groups -OCH3 is 1. The fourth-order valence-corrected chi connectivity index (χ4v) is 1.16. The summed E-state index contributed by atoms with van der Waals surface area (Å²) >= 11 is 0. The van der Waals surface area contributed by atoms with E-state index in [0.29, 0.717) is 12.3 Å². The van der Waals surface area contributed by atoms with Gasteiger partial charge < -0.3 is 4.74 Å². The van der Waals surface area contributed by atoms with E-state index in [2.05, 4.69) is 18.6 Å². The highest BCUT2D eigenvalue weighted by Gasteiger charge is 2.05. The molecular formula is C10H20O2. The van der Waals surface area contributed by atoms with Gasteiger partial charge in [-0.25, -0.2) is 0 Å². The van der Waals surface area contributed by atoms with Crippen LogP contribution in [-0.2, 0) is 9.53 Å². The second kappa shape index (κ2) is 7.14. The molecule has 0 aliphatic heterocycles. The van der Waals surface area contributed by atoms with Gasteiger partial charge in [0.05, 0.1) is 7.11 Å². The summed E-state index contributed by atoms with van der Waals surface area (Å²) in [5.74, 6) is 0.572. The Morgan fingerprint density at radius 1 is 1.42 bits per heavy atom. The normalized spacial score (nSPS) is 12.6. The maximum Gasteiger partial charge on any atom is 0.305 e. The predicted octanol–water partition coefficient (Wildman–Crippen LogP) is 2.77. The summed E-state index contributed by atoms with van der Waals surface area (Å²) in [6, 6.07) is 0. The summed E-state index contributed by atoms with van der Waals surface area (Å²) in [7, 11) is 1.44. The average Bonchev–Trinajstić information content (AvgIpc) is 2.10. The number of hydrogen-bond acceptors (Lipinski definition) is 2. The fraction of sp³-hybridized carbons (Fsp3) is 0.900. The van der Waals surface area contributed by atoms with Crippen molar-refractivity contribution in [3.8, 4) is 0 Å². The zero-order chi connectivity index (χ0) is 9.40. The standard InChI is InChI=1S/C10H20O2/c1-4-5-6-9(2)7-8-10(11)12-3/h9H,4-8H2,1-3H3/t9-/m0/s1. The van der Waals surface area contributed by atoms with Crippen LogP contribution >= 0.6 is 0 Å². The average molecular weight is 172 g/mol. The van der Waals surface area contributed by atoms with E-state index < -0.39 is 0 Å². The van der Waals surface area contributed by atoms with Crippen LogP contribution in [0.15, 0.2) is 0 Å². The second-order valence-electron chi connectivity index (χ2n) is 3.36. The molecule has 0 aromatic carbocycles. The number of unbranched alkanes of at least 4 members (excludes halogenated alkanes) is 1. The van der Waals surface area contributed by atoms with Gasteiger partial charge in [0.25, 0.3) is 0 Å². The molecule has 0 unspecified atom stereocenters. The molecule has 72 valence electrons. The van der Waals surface area contributed by atoms with Crippen molar-refractivity contribution in [3.63, 3.8) is 0 Å². The van der Waals surface area contributed by atoms with Crippen molar-refractivity contribution < 1.29 is 9.53 Å². The minimum atomic E-state index is -0.0849. The Labute approximate surface area is 75.3 Å². The molecule has 0 aliphatic rings. The van der Waals surface area contributed by atoms with Crippen LogP contribution in [0.25, 0.3) is 0 Å². The molecule has 0 saturated carbocycles. The van der Waals surface area contributed by atoms with Crippen molar-refractivity contribution in [2.24, 2.45) is 5.92 Å². The minimum absolute atomic E-state index is 0.0849. The number of carbonyl (C=O) groups excluding carboxylic acids is 1. The Hall–Kier alpha value is -0.530. The molecule has 1 atom stereocenters. The maximum absolute atomic E-state index is 10.8.